The number of ether oxygens (including phenoxy) is 1. The lowest BCUT2D eigenvalue weighted by atomic mass is 10.3. The number of aryl methyl sites for hydroxylation is 1. The number of alkyl halides is 3. The number of amides is 2. The lowest BCUT2D eigenvalue weighted by Crippen LogP contribution is -2.26. The van der Waals surface area contributed by atoms with Gasteiger partial charge < -0.3 is 4.74 Å². The number of rotatable bonds is 3. The summed E-state index contributed by atoms with van der Waals surface area (Å²) >= 11 is 1.30. The zero-order valence-corrected chi connectivity index (χ0v) is 15.8. The van der Waals surface area contributed by atoms with E-state index in [2.05, 4.69) is 9.73 Å². The van der Waals surface area contributed by atoms with Crippen LogP contribution in [-0.4, -0.2) is 24.0 Å². The number of carbonyl (C=O) groups excluding carboxylic acids is 1. The smallest absolute Gasteiger partial charge is 0.406 e. The molecule has 0 unspecified atom stereocenters. The number of nitrogens with zero attached hydrogens (tertiary/aromatic N) is 3. The highest BCUT2D eigenvalue weighted by Gasteiger charge is 2.31. The zero-order chi connectivity index (χ0) is 20.3. The van der Waals surface area contributed by atoms with E-state index in [-0.39, 0.29) is 5.75 Å². The lowest BCUT2D eigenvalue weighted by Gasteiger charge is -2.13. The molecular weight excluding hydrogens is 391 g/mol. The van der Waals surface area contributed by atoms with E-state index in [9.17, 15) is 18.0 Å². The van der Waals surface area contributed by atoms with Gasteiger partial charge in [0.1, 0.15) is 5.75 Å². The molecule has 1 heterocycles. The highest BCUT2D eigenvalue weighted by atomic mass is 32.1. The summed E-state index contributed by atoms with van der Waals surface area (Å²) in [6.07, 6.45) is -2.98. The van der Waals surface area contributed by atoms with Crippen molar-refractivity contribution >= 4 is 23.1 Å². The number of hydrogen-bond acceptors (Lipinski definition) is 3. The largest absolute Gasteiger partial charge is 0.573 e. The van der Waals surface area contributed by atoms with Gasteiger partial charge in [0, 0.05) is 29.5 Å². The molecule has 1 aromatic heterocycles. The molecule has 0 saturated carbocycles. The molecule has 0 saturated heterocycles. The summed E-state index contributed by atoms with van der Waals surface area (Å²) in [4.78, 5) is 19.4. The molecule has 0 aliphatic carbocycles. The maximum Gasteiger partial charge on any atom is 0.573 e. The van der Waals surface area contributed by atoms with Gasteiger partial charge >= 0.3 is 12.4 Å². The second-order valence-corrected chi connectivity index (χ2v) is 7.04. The Labute approximate surface area is 163 Å². The highest BCUT2D eigenvalue weighted by Crippen LogP contribution is 2.23. The first-order valence-corrected chi connectivity index (χ1v) is 8.97. The Bertz CT molecular complexity index is 1030. The average molecular weight is 407 g/mol. The van der Waals surface area contributed by atoms with Crippen molar-refractivity contribution in [1.82, 2.24) is 4.57 Å². The van der Waals surface area contributed by atoms with Crippen LogP contribution in [0, 0.1) is 6.92 Å². The second-order valence-electron chi connectivity index (χ2n) is 5.83. The minimum atomic E-state index is -4.75. The molecule has 0 radical (unpaired) electrons. The van der Waals surface area contributed by atoms with Crippen LogP contribution in [0.5, 0.6) is 5.75 Å². The summed E-state index contributed by atoms with van der Waals surface area (Å²) in [7, 11) is 1.62. The Morgan fingerprint density at radius 3 is 2.36 bits per heavy atom. The average Bonchev–Trinajstić information content (AvgIpc) is 3.01. The maximum atomic E-state index is 12.5. The molecule has 0 N–H and O–H groups in total. The van der Waals surface area contributed by atoms with E-state index >= 15 is 0 Å². The maximum absolute atomic E-state index is 12.5. The van der Waals surface area contributed by atoms with Gasteiger partial charge in [-0.25, -0.2) is 4.79 Å². The van der Waals surface area contributed by atoms with Crippen molar-refractivity contribution in [3.8, 4) is 11.4 Å². The summed E-state index contributed by atoms with van der Waals surface area (Å²) in [6, 6.07) is 14.0. The lowest BCUT2D eigenvalue weighted by molar-refractivity contribution is -0.274. The number of hydrogen-bond donors (Lipinski definition) is 0. The Kier molecular flexibility index (Phi) is 5.55. The number of halogens is 3. The summed E-state index contributed by atoms with van der Waals surface area (Å²) in [5, 5.41) is 0. The van der Waals surface area contributed by atoms with Gasteiger partial charge in [-0.1, -0.05) is 18.2 Å². The van der Waals surface area contributed by atoms with Gasteiger partial charge in [-0.3, -0.25) is 9.47 Å². The normalized spacial score (nSPS) is 12.1. The number of para-hydroxylation sites is 1. The van der Waals surface area contributed by atoms with E-state index in [1.165, 1.54) is 40.5 Å². The molecular formula is C19H16F3N3O2S. The van der Waals surface area contributed by atoms with E-state index in [1.54, 1.807) is 29.9 Å². The van der Waals surface area contributed by atoms with Crippen molar-refractivity contribution in [2.75, 3.05) is 11.9 Å². The molecule has 3 rings (SSSR count). The van der Waals surface area contributed by atoms with Crippen molar-refractivity contribution in [3.05, 3.63) is 70.5 Å². The Balaban J connectivity index is 1.91. The summed E-state index contributed by atoms with van der Waals surface area (Å²) in [5.74, 6) is -0.317. The van der Waals surface area contributed by atoms with Crippen LogP contribution in [0.25, 0.3) is 5.69 Å². The predicted octanol–water partition coefficient (Wildman–Crippen LogP) is 4.90. The molecule has 146 valence electrons. The summed E-state index contributed by atoms with van der Waals surface area (Å²) in [6.45, 7) is 1.85. The summed E-state index contributed by atoms with van der Waals surface area (Å²) < 4.78 is 42.5. The van der Waals surface area contributed by atoms with Gasteiger partial charge in [0.25, 0.3) is 0 Å². The van der Waals surface area contributed by atoms with E-state index in [0.717, 1.165) is 4.88 Å². The molecule has 2 aromatic carbocycles. The fraction of sp³-hybridized carbons (Fsp3) is 0.158. The molecule has 0 bridgehead atoms. The molecule has 0 aliphatic rings. The standard InChI is InChI=1S/C19H16F3N3O2S/c1-13-12-25(15-8-10-16(11-9-15)27-19(20,21)22)18(28-13)23-17(26)24(2)14-6-4-3-5-7-14/h3-12H,1-2H3. The highest BCUT2D eigenvalue weighted by molar-refractivity contribution is 7.09. The van der Waals surface area contributed by atoms with E-state index in [1.807, 2.05) is 25.1 Å². The molecule has 0 atom stereocenters. The number of anilines is 1. The topological polar surface area (TPSA) is 46.8 Å². The quantitative estimate of drug-likeness (QED) is 0.620. The van der Waals surface area contributed by atoms with Gasteiger partial charge in [-0.15, -0.1) is 24.5 Å². The Morgan fingerprint density at radius 2 is 1.75 bits per heavy atom. The van der Waals surface area contributed by atoms with E-state index in [4.69, 9.17) is 0 Å². The van der Waals surface area contributed by atoms with Crippen molar-refractivity contribution in [3.63, 3.8) is 0 Å². The SMILES string of the molecule is Cc1cn(-c2ccc(OC(F)(F)F)cc2)c(=NC(=O)N(C)c2ccccc2)s1. The van der Waals surface area contributed by atoms with Crippen molar-refractivity contribution in [2.45, 2.75) is 13.3 Å². The third-order valence-corrected chi connectivity index (χ3v) is 4.64. The van der Waals surface area contributed by atoms with Crippen LogP contribution in [-0.2, 0) is 0 Å². The number of thiazole rings is 1. The first-order chi connectivity index (χ1) is 13.2. The molecule has 0 spiro atoms. The van der Waals surface area contributed by atoms with Crippen LogP contribution in [0.2, 0.25) is 0 Å². The fourth-order valence-electron chi connectivity index (χ4n) is 2.45. The third kappa shape index (κ3) is 4.80. The minimum absolute atomic E-state index is 0.317. The Morgan fingerprint density at radius 1 is 1.11 bits per heavy atom. The first-order valence-electron chi connectivity index (χ1n) is 8.16. The van der Waals surface area contributed by atoms with Gasteiger partial charge in [0.2, 0.25) is 0 Å². The van der Waals surface area contributed by atoms with Crippen LogP contribution in [0.1, 0.15) is 4.88 Å². The van der Waals surface area contributed by atoms with Gasteiger partial charge in [-0.05, 0) is 43.3 Å². The zero-order valence-electron chi connectivity index (χ0n) is 15.0. The molecule has 2 amide bonds. The molecule has 0 fully saturated rings. The first kappa shape index (κ1) is 19.7. The van der Waals surface area contributed by atoms with Crippen molar-refractivity contribution in [2.24, 2.45) is 4.99 Å². The third-order valence-electron chi connectivity index (χ3n) is 3.74. The van der Waals surface area contributed by atoms with Crippen molar-refractivity contribution in [1.29, 1.82) is 0 Å². The van der Waals surface area contributed by atoms with Gasteiger partial charge in [-0.2, -0.15) is 4.99 Å². The van der Waals surface area contributed by atoms with Crippen molar-refractivity contribution < 1.29 is 22.7 Å². The number of carbonyl (C=O) groups is 1. The van der Waals surface area contributed by atoms with Gasteiger partial charge in [0.15, 0.2) is 4.80 Å². The van der Waals surface area contributed by atoms with Gasteiger partial charge in [0.05, 0.1) is 0 Å². The van der Waals surface area contributed by atoms with Crippen LogP contribution < -0.4 is 14.4 Å². The van der Waals surface area contributed by atoms with Crippen LogP contribution in [0.3, 0.4) is 0 Å². The Hall–Kier alpha value is -3.07. The van der Waals surface area contributed by atoms with Crippen LogP contribution in [0.15, 0.2) is 65.8 Å². The van der Waals surface area contributed by atoms with Crippen LogP contribution in [0.4, 0.5) is 23.7 Å². The number of urea groups is 1. The van der Waals surface area contributed by atoms with E-state index in [0.29, 0.717) is 16.2 Å². The molecule has 3 aromatic rings. The summed E-state index contributed by atoms with van der Waals surface area (Å²) in [5.41, 5.74) is 1.26. The molecule has 9 heteroatoms. The molecule has 0 aliphatic heterocycles. The molecule has 28 heavy (non-hydrogen) atoms. The van der Waals surface area contributed by atoms with Crippen LogP contribution >= 0.6 is 11.3 Å². The monoisotopic (exact) mass is 407 g/mol. The fourth-order valence-corrected chi connectivity index (χ4v) is 3.27. The number of aromatic nitrogens is 1. The van der Waals surface area contributed by atoms with E-state index < -0.39 is 12.4 Å². The predicted molar refractivity (Wildman–Crippen MR) is 101 cm³/mol. The molecule has 5 nitrogen and oxygen atoms in total. The second kappa shape index (κ2) is 7.89. The minimum Gasteiger partial charge on any atom is -0.406 e. The number of benzene rings is 2.